The van der Waals surface area contributed by atoms with Gasteiger partial charge in [0.05, 0.1) is 17.1 Å². The van der Waals surface area contributed by atoms with Gasteiger partial charge < -0.3 is 10.2 Å². The van der Waals surface area contributed by atoms with Crippen molar-refractivity contribution in [2.75, 3.05) is 0 Å². The number of phenolic OH excluding ortho intramolecular Hbond substituents is 2. The number of phenols is 2. The van der Waals surface area contributed by atoms with Gasteiger partial charge in [0.1, 0.15) is 11.5 Å². The van der Waals surface area contributed by atoms with E-state index >= 15 is 0 Å². The Morgan fingerprint density at radius 2 is 1.17 bits per heavy atom. The smallest absolute Gasteiger partial charge is 0.115 e. The van der Waals surface area contributed by atoms with Crippen LogP contribution in [-0.2, 0) is 0 Å². The van der Waals surface area contributed by atoms with Crippen molar-refractivity contribution in [2.24, 2.45) is 0 Å². The van der Waals surface area contributed by atoms with Gasteiger partial charge in [-0.25, -0.2) is 4.68 Å². The van der Waals surface area contributed by atoms with E-state index in [4.69, 9.17) is 5.10 Å². The Kier molecular flexibility index (Phi) is 5.25. The zero-order valence-electron chi connectivity index (χ0n) is 15.7. The first kappa shape index (κ1) is 18.3. The molecule has 0 spiro atoms. The van der Waals surface area contributed by atoms with Crippen LogP contribution in [0.3, 0.4) is 0 Å². The molecule has 4 rings (SSSR count). The summed E-state index contributed by atoms with van der Waals surface area (Å²) in [5.41, 5.74) is 4.71. The molecule has 0 bridgehead atoms. The van der Waals surface area contributed by atoms with Gasteiger partial charge >= 0.3 is 0 Å². The van der Waals surface area contributed by atoms with Crippen LogP contribution in [0.2, 0.25) is 0 Å². The van der Waals surface area contributed by atoms with Crippen LogP contribution in [0.4, 0.5) is 0 Å². The molecule has 0 radical (unpaired) electrons. The number of benzene rings is 3. The number of hydrogen-bond acceptors (Lipinski definition) is 3. The molecule has 4 heteroatoms. The zero-order chi connectivity index (χ0) is 20.1. The predicted octanol–water partition coefficient (Wildman–Crippen LogP) is 5.62. The van der Waals surface area contributed by atoms with E-state index in [1.165, 1.54) is 0 Å². The average Bonchev–Trinajstić information content (AvgIpc) is 3.17. The van der Waals surface area contributed by atoms with E-state index in [2.05, 4.69) is 0 Å². The first-order valence-corrected chi connectivity index (χ1v) is 9.27. The second-order valence-corrected chi connectivity index (χ2v) is 6.59. The molecule has 3 aromatic carbocycles. The Morgan fingerprint density at radius 3 is 1.76 bits per heavy atom. The van der Waals surface area contributed by atoms with Gasteiger partial charge in [-0.15, -0.1) is 0 Å². The molecular weight excluding hydrogens is 360 g/mol. The van der Waals surface area contributed by atoms with E-state index < -0.39 is 0 Å². The van der Waals surface area contributed by atoms with E-state index in [-0.39, 0.29) is 11.5 Å². The number of nitrogens with zero attached hydrogens (tertiary/aromatic N) is 2. The molecule has 4 nitrogen and oxygen atoms in total. The fraction of sp³-hybridized carbons (Fsp3) is 0. The largest absolute Gasteiger partial charge is 0.508 e. The SMILES string of the molecule is Oc1ccc(/C=C\c2cc(/C=C/c3ccc(O)cc3)n(-c3ccccc3)n2)cc1. The van der Waals surface area contributed by atoms with Gasteiger partial charge in [-0.1, -0.05) is 54.6 Å². The second kappa shape index (κ2) is 8.31. The monoisotopic (exact) mass is 380 g/mol. The van der Waals surface area contributed by atoms with E-state index in [0.717, 1.165) is 28.2 Å². The molecule has 0 atom stereocenters. The van der Waals surface area contributed by atoms with Crippen LogP contribution in [0.15, 0.2) is 84.9 Å². The molecule has 4 aromatic rings. The van der Waals surface area contributed by atoms with Gasteiger partial charge in [0, 0.05) is 0 Å². The maximum Gasteiger partial charge on any atom is 0.115 e. The highest BCUT2D eigenvalue weighted by Crippen LogP contribution is 2.19. The van der Waals surface area contributed by atoms with E-state index in [1.807, 2.05) is 89.6 Å². The number of aromatic nitrogens is 2. The van der Waals surface area contributed by atoms with Crippen LogP contribution in [0.25, 0.3) is 30.0 Å². The fourth-order valence-corrected chi connectivity index (χ4v) is 2.92. The number of aromatic hydroxyl groups is 2. The Labute approximate surface area is 169 Å². The van der Waals surface area contributed by atoms with Crippen molar-refractivity contribution < 1.29 is 10.2 Å². The second-order valence-electron chi connectivity index (χ2n) is 6.59. The highest BCUT2D eigenvalue weighted by Gasteiger charge is 2.06. The molecule has 29 heavy (non-hydrogen) atoms. The van der Waals surface area contributed by atoms with Crippen molar-refractivity contribution in [1.82, 2.24) is 9.78 Å². The normalized spacial score (nSPS) is 11.4. The zero-order valence-corrected chi connectivity index (χ0v) is 15.7. The van der Waals surface area contributed by atoms with Crippen LogP contribution in [0.1, 0.15) is 22.5 Å². The van der Waals surface area contributed by atoms with E-state index in [0.29, 0.717) is 0 Å². The Hall–Kier alpha value is -4.05. The molecule has 1 heterocycles. The third kappa shape index (κ3) is 4.62. The van der Waals surface area contributed by atoms with Crippen molar-refractivity contribution in [3.05, 3.63) is 107 Å². The summed E-state index contributed by atoms with van der Waals surface area (Å²) in [5.74, 6) is 0.496. The minimum absolute atomic E-state index is 0.247. The predicted molar refractivity (Wildman–Crippen MR) is 118 cm³/mol. The third-order valence-electron chi connectivity index (χ3n) is 4.44. The lowest BCUT2D eigenvalue weighted by atomic mass is 10.1. The number of para-hydroxylation sites is 1. The summed E-state index contributed by atoms with van der Waals surface area (Å²) in [5, 5.41) is 23.6. The molecule has 2 N–H and O–H groups in total. The van der Waals surface area contributed by atoms with Crippen molar-refractivity contribution in [2.45, 2.75) is 0 Å². The standard InChI is InChI=1S/C25H20N2O2/c28-24-14-8-19(9-15-24)6-12-21-18-23(13-7-20-10-16-25(29)17-11-20)27(26-21)22-4-2-1-3-5-22/h1-18,28-29H/b12-6-,13-7+. The Morgan fingerprint density at radius 1 is 0.621 bits per heavy atom. The third-order valence-corrected chi connectivity index (χ3v) is 4.44. The summed E-state index contributed by atoms with van der Waals surface area (Å²) < 4.78 is 1.90. The van der Waals surface area contributed by atoms with E-state index in [9.17, 15) is 10.2 Å². The highest BCUT2D eigenvalue weighted by atomic mass is 16.3. The first-order chi connectivity index (χ1) is 14.2. The van der Waals surface area contributed by atoms with Crippen LogP contribution in [0.5, 0.6) is 11.5 Å². The molecule has 1 aromatic heterocycles. The molecule has 0 unspecified atom stereocenters. The molecule has 0 aliphatic rings. The van der Waals surface area contributed by atoms with Crippen LogP contribution in [-0.4, -0.2) is 20.0 Å². The lowest BCUT2D eigenvalue weighted by Crippen LogP contribution is -1.98. The molecule has 0 aliphatic heterocycles. The first-order valence-electron chi connectivity index (χ1n) is 9.27. The summed E-state index contributed by atoms with van der Waals surface area (Å²) in [6.07, 6.45) is 7.90. The Balaban J connectivity index is 1.67. The number of rotatable bonds is 5. The summed E-state index contributed by atoms with van der Waals surface area (Å²) in [6, 6.07) is 26.1. The average molecular weight is 380 g/mol. The van der Waals surface area contributed by atoms with Gasteiger partial charge in [0.2, 0.25) is 0 Å². The molecular formula is C25H20N2O2. The minimum Gasteiger partial charge on any atom is -0.508 e. The van der Waals surface area contributed by atoms with Crippen molar-refractivity contribution in [3.63, 3.8) is 0 Å². The highest BCUT2D eigenvalue weighted by molar-refractivity contribution is 5.73. The molecule has 0 fully saturated rings. The number of hydrogen-bond donors (Lipinski definition) is 2. The van der Waals surface area contributed by atoms with E-state index in [1.54, 1.807) is 24.3 Å². The van der Waals surface area contributed by atoms with Crippen LogP contribution in [0, 0.1) is 0 Å². The lowest BCUT2D eigenvalue weighted by molar-refractivity contribution is 0.474. The van der Waals surface area contributed by atoms with Gasteiger partial charge in [0.15, 0.2) is 0 Å². The molecule has 0 aliphatic carbocycles. The summed E-state index contributed by atoms with van der Waals surface area (Å²) in [4.78, 5) is 0. The molecule has 0 saturated carbocycles. The summed E-state index contributed by atoms with van der Waals surface area (Å²) >= 11 is 0. The molecule has 142 valence electrons. The van der Waals surface area contributed by atoms with Crippen molar-refractivity contribution in [1.29, 1.82) is 0 Å². The topological polar surface area (TPSA) is 58.3 Å². The molecule has 0 saturated heterocycles. The van der Waals surface area contributed by atoms with Crippen molar-refractivity contribution >= 4 is 24.3 Å². The van der Waals surface area contributed by atoms with Crippen LogP contribution >= 0.6 is 0 Å². The van der Waals surface area contributed by atoms with Gasteiger partial charge in [-0.05, 0) is 65.7 Å². The Bertz CT molecular complexity index is 1140. The van der Waals surface area contributed by atoms with Gasteiger partial charge in [0.25, 0.3) is 0 Å². The van der Waals surface area contributed by atoms with Gasteiger partial charge in [-0.3, -0.25) is 0 Å². The maximum atomic E-state index is 9.45. The summed E-state index contributed by atoms with van der Waals surface area (Å²) in [6.45, 7) is 0. The van der Waals surface area contributed by atoms with Crippen LogP contribution < -0.4 is 0 Å². The molecule has 0 amide bonds. The maximum absolute atomic E-state index is 9.45. The van der Waals surface area contributed by atoms with Gasteiger partial charge in [-0.2, -0.15) is 5.10 Å². The van der Waals surface area contributed by atoms with Crippen molar-refractivity contribution in [3.8, 4) is 17.2 Å². The lowest BCUT2D eigenvalue weighted by Gasteiger charge is -2.04. The minimum atomic E-state index is 0.247. The fourth-order valence-electron chi connectivity index (χ4n) is 2.92. The summed E-state index contributed by atoms with van der Waals surface area (Å²) in [7, 11) is 0. The quantitative estimate of drug-likeness (QED) is 0.472.